The largest absolute Gasteiger partial charge is 0.507 e. The molecule has 0 aliphatic heterocycles. The van der Waals surface area contributed by atoms with Gasteiger partial charge >= 0.3 is 0 Å². The molecule has 7 aromatic carbocycles. The van der Waals surface area contributed by atoms with Gasteiger partial charge in [0.15, 0.2) is 34.5 Å². The lowest BCUT2D eigenvalue weighted by Gasteiger charge is -2.28. The van der Waals surface area contributed by atoms with Crippen LogP contribution in [0, 0.1) is 0 Å². The molecule has 0 aliphatic carbocycles. The Morgan fingerprint density at radius 3 is 1.62 bits per heavy atom. The van der Waals surface area contributed by atoms with Crippen LogP contribution >= 0.6 is 0 Å². The van der Waals surface area contributed by atoms with Gasteiger partial charge in [-0.15, -0.1) is 0 Å². The number of aromatic hydroxyl groups is 7. The zero-order valence-electron chi connectivity index (χ0n) is 31.6. The SMILES string of the molecule is C=C/C=C(\C=C/C)c1c(O)cc(N(Cc2c(O)c(O)c(-c3ccccc3)c(O)c2O)c2ccc(-c3ccc(-c4ccccc4)c(-c4ccccc4)c3)cc2)c(O)c1O. The van der Waals surface area contributed by atoms with E-state index in [4.69, 9.17) is 0 Å². The Hall–Kier alpha value is -7.84. The van der Waals surface area contributed by atoms with E-state index in [-0.39, 0.29) is 28.1 Å². The summed E-state index contributed by atoms with van der Waals surface area (Å²) in [5.74, 6) is -4.40. The third kappa shape index (κ3) is 7.30. The van der Waals surface area contributed by atoms with Crippen molar-refractivity contribution < 1.29 is 35.7 Å². The Bertz CT molecular complexity index is 2640. The summed E-state index contributed by atoms with van der Waals surface area (Å²) in [5, 5.41) is 79.6. The van der Waals surface area contributed by atoms with Crippen LogP contribution < -0.4 is 4.90 Å². The number of hydrogen-bond donors (Lipinski definition) is 7. The number of phenolic OH excluding ortho intramolecular Hbond substituents is 7. The number of anilines is 2. The van der Waals surface area contributed by atoms with Crippen LogP contribution in [0.4, 0.5) is 11.4 Å². The molecule has 0 heterocycles. The van der Waals surface area contributed by atoms with Gasteiger partial charge in [-0.05, 0) is 69.6 Å². The van der Waals surface area contributed by atoms with Gasteiger partial charge in [0.2, 0.25) is 0 Å². The van der Waals surface area contributed by atoms with Crippen molar-refractivity contribution in [2.75, 3.05) is 4.90 Å². The van der Waals surface area contributed by atoms with Crippen LogP contribution in [0.5, 0.6) is 40.2 Å². The van der Waals surface area contributed by atoms with Crippen molar-refractivity contribution in [3.63, 3.8) is 0 Å². The fourth-order valence-corrected chi connectivity index (χ4v) is 7.18. The van der Waals surface area contributed by atoms with Crippen molar-refractivity contribution in [2.45, 2.75) is 13.5 Å². The van der Waals surface area contributed by atoms with Crippen LogP contribution in [-0.2, 0) is 6.54 Å². The minimum Gasteiger partial charge on any atom is -0.507 e. The Morgan fingerprint density at radius 1 is 0.534 bits per heavy atom. The number of hydrogen-bond acceptors (Lipinski definition) is 8. The highest BCUT2D eigenvalue weighted by molar-refractivity contribution is 5.90. The van der Waals surface area contributed by atoms with Crippen LogP contribution in [0.25, 0.3) is 50.1 Å². The number of rotatable bonds is 11. The second-order valence-electron chi connectivity index (χ2n) is 13.6. The second kappa shape index (κ2) is 16.5. The third-order valence-corrected chi connectivity index (χ3v) is 10.0. The van der Waals surface area contributed by atoms with E-state index in [2.05, 4.69) is 43.0 Å². The van der Waals surface area contributed by atoms with E-state index in [0.717, 1.165) is 33.4 Å². The molecule has 0 atom stereocenters. The maximum Gasteiger partial charge on any atom is 0.182 e. The van der Waals surface area contributed by atoms with Gasteiger partial charge in [0, 0.05) is 11.8 Å². The quantitative estimate of drug-likeness (QED) is 0.0391. The van der Waals surface area contributed by atoms with Crippen molar-refractivity contribution >= 4 is 16.9 Å². The summed E-state index contributed by atoms with van der Waals surface area (Å²) >= 11 is 0. The molecule has 0 aromatic heterocycles. The zero-order valence-corrected chi connectivity index (χ0v) is 31.6. The molecule has 8 nitrogen and oxygen atoms in total. The topological polar surface area (TPSA) is 145 Å². The van der Waals surface area contributed by atoms with E-state index in [1.165, 1.54) is 17.0 Å². The average molecular weight is 768 g/mol. The average Bonchev–Trinajstić information content (AvgIpc) is 3.25. The molecular weight excluding hydrogens is 727 g/mol. The van der Waals surface area contributed by atoms with Crippen molar-refractivity contribution in [1.29, 1.82) is 0 Å². The summed E-state index contributed by atoms with van der Waals surface area (Å²) in [4.78, 5) is 1.43. The maximum atomic E-state index is 11.6. The summed E-state index contributed by atoms with van der Waals surface area (Å²) in [6.45, 7) is 5.02. The Balaban J connectivity index is 1.37. The molecule has 0 unspecified atom stereocenters. The fraction of sp³-hybridized carbons (Fsp3) is 0.0400. The highest BCUT2D eigenvalue weighted by Crippen LogP contribution is 2.54. The first-order chi connectivity index (χ1) is 28.1. The van der Waals surface area contributed by atoms with Gasteiger partial charge in [-0.3, -0.25) is 0 Å². The van der Waals surface area contributed by atoms with Crippen LogP contribution in [0.3, 0.4) is 0 Å². The van der Waals surface area contributed by atoms with Gasteiger partial charge in [-0.25, -0.2) is 0 Å². The fourth-order valence-electron chi connectivity index (χ4n) is 7.18. The van der Waals surface area contributed by atoms with Gasteiger partial charge in [-0.2, -0.15) is 0 Å². The summed E-state index contributed by atoms with van der Waals surface area (Å²) in [5.41, 5.74) is 6.53. The van der Waals surface area contributed by atoms with E-state index in [0.29, 0.717) is 16.8 Å². The Morgan fingerprint density at radius 2 is 1.07 bits per heavy atom. The molecule has 0 fully saturated rings. The lowest BCUT2D eigenvalue weighted by Crippen LogP contribution is -2.17. The van der Waals surface area contributed by atoms with Gasteiger partial charge in [0.05, 0.1) is 28.9 Å². The molecule has 0 radical (unpaired) electrons. The highest BCUT2D eigenvalue weighted by atomic mass is 16.3. The van der Waals surface area contributed by atoms with Crippen LogP contribution in [0.1, 0.15) is 18.1 Å². The van der Waals surface area contributed by atoms with Crippen LogP contribution in [0.2, 0.25) is 0 Å². The van der Waals surface area contributed by atoms with E-state index < -0.39 is 41.0 Å². The maximum absolute atomic E-state index is 11.6. The molecule has 0 saturated carbocycles. The predicted octanol–water partition coefficient (Wildman–Crippen LogP) is 11.8. The molecule has 0 amide bonds. The molecule has 0 saturated heterocycles. The third-order valence-electron chi connectivity index (χ3n) is 10.0. The molecule has 8 heteroatoms. The van der Waals surface area contributed by atoms with Gasteiger partial charge < -0.3 is 40.6 Å². The first-order valence-corrected chi connectivity index (χ1v) is 18.5. The molecule has 0 bridgehead atoms. The summed E-state index contributed by atoms with van der Waals surface area (Å²) in [6.07, 6.45) is 6.39. The summed E-state index contributed by atoms with van der Waals surface area (Å²) < 4.78 is 0. The minimum absolute atomic E-state index is 0.0454. The van der Waals surface area contributed by atoms with Gasteiger partial charge in [0.25, 0.3) is 0 Å². The number of allylic oxidation sites excluding steroid dienone is 5. The van der Waals surface area contributed by atoms with Crippen molar-refractivity contribution in [1.82, 2.24) is 0 Å². The first kappa shape index (κ1) is 38.4. The summed E-state index contributed by atoms with van der Waals surface area (Å²) in [6, 6.07) is 43.3. The molecule has 0 spiro atoms. The number of benzene rings is 7. The lowest BCUT2D eigenvalue weighted by atomic mass is 9.91. The molecule has 7 aromatic rings. The number of nitrogens with zero attached hydrogens (tertiary/aromatic N) is 1. The highest BCUT2D eigenvalue weighted by Gasteiger charge is 2.29. The second-order valence-corrected chi connectivity index (χ2v) is 13.6. The van der Waals surface area contributed by atoms with Gasteiger partial charge in [0.1, 0.15) is 5.75 Å². The Kier molecular flexibility index (Phi) is 10.9. The number of phenols is 7. The van der Waals surface area contributed by atoms with Crippen molar-refractivity contribution in [2.24, 2.45) is 0 Å². The minimum atomic E-state index is -0.712. The van der Waals surface area contributed by atoms with Gasteiger partial charge in [-0.1, -0.05) is 146 Å². The zero-order chi connectivity index (χ0) is 40.9. The molecule has 7 rings (SSSR count). The molecule has 288 valence electrons. The van der Waals surface area contributed by atoms with Crippen LogP contribution in [0.15, 0.2) is 170 Å². The van der Waals surface area contributed by atoms with Crippen LogP contribution in [-0.4, -0.2) is 35.7 Å². The lowest BCUT2D eigenvalue weighted by molar-refractivity contribution is 0.368. The van der Waals surface area contributed by atoms with E-state index >= 15 is 0 Å². The van der Waals surface area contributed by atoms with E-state index in [1.807, 2.05) is 54.6 Å². The standard InChI is InChI=1S/C50H41NO7/c1-3-14-34(15-4-2)43-42(52)29-41(47(55)48(43)56)51(30-40-45(53)49(57)44(50(58)46(40)54)35-20-12-7-13-21-35)37-25-22-31(23-26-37)36-24-27-38(32-16-8-5-9-17-32)39(28-36)33-18-10-6-11-19-33/h3-29,52-58H,1,30H2,2H3/b15-4-,34-14+. The molecule has 0 aliphatic rings. The monoisotopic (exact) mass is 767 g/mol. The normalized spacial score (nSPS) is 11.5. The predicted molar refractivity (Wildman–Crippen MR) is 232 cm³/mol. The molecule has 58 heavy (non-hydrogen) atoms. The Labute approximate surface area is 336 Å². The van der Waals surface area contributed by atoms with Crippen molar-refractivity contribution in [3.05, 3.63) is 182 Å². The first-order valence-electron chi connectivity index (χ1n) is 18.5. The molecule has 7 N–H and O–H groups in total. The van der Waals surface area contributed by atoms with Crippen molar-refractivity contribution in [3.8, 4) is 84.8 Å². The van der Waals surface area contributed by atoms with E-state index in [1.54, 1.807) is 67.6 Å². The summed E-state index contributed by atoms with van der Waals surface area (Å²) in [7, 11) is 0. The molecular formula is C50H41NO7. The van der Waals surface area contributed by atoms with E-state index in [9.17, 15) is 35.7 Å². The smallest absolute Gasteiger partial charge is 0.182 e.